The number of nitrogens with one attached hydrogen (secondary N) is 2. The maximum absolute atomic E-state index is 12.5. The number of anilines is 1. The number of thioether (sulfide) groups is 1. The lowest BCUT2D eigenvalue weighted by molar-refractivity contribution is -0.120. The van der Waals surface area contributed by atoms with Gasteiger partial charge in [0, 0.05) is 10.7 Å². The number of hydrogen-bond acceptors (Lipinski definition) is 6. The largest absolute Gasteiger partial charge is 0.490 e. The first-order valence-corrected chi connectivity index (χ1v) is 11.7. The summed E-state index contributed by atoms with van der Waals surface area (Å²) in [6.45, 7) is 3.98. The van der Waals surface area contributed by atoms with Gasteiger partial charge in [0.25, 0.3) is 11.8 Å². The van der Waals surface area contributed by atoms with Crippen LogP contribution in [0.25, 0.3) is 6.08 Å². The van der Waals surface area contributed by atoms with Crippen molar-refractivity contribution in [3.8, 4) is 11.5 Å². The summed E-state index contributed by atoms with van der Waals surface area (Å²) < 4.78 is 11.9. The van der Waals surface area contributed by atoms with Gasteiger partial charge in [-0.2, -0.15) is 0 Å². The zero-order valence-electron chi connectivity index (χ0n) is 16.8. The van der Waals surface area contributed by atoms with Crippen LogP contribution < -0.4 is 25.8 Å². The fourth-order valence-corrected chi connectivity index (χ4v) is 4.85. The molecule has 2 aromatic rings. The van der Waals surface area contributed by atoms with Crippen molar-refractivity contribution < 1.29 is 19.1 Å². The highest BCUT2D eigenvalue weighted by Crippen LogP contribution is 2.37. The van der Waals surface area contributed by atoms with Gasteiger partial charge in [0.2, 0.25) is 0 Å². The number of hydrogen-bond donors (Lipinski definition) is 3. The molecule has 3 rings (SSSR count). The summed E-state index contributed by atoms with van der Waals surface area (Å²) in [7, 11) is 0. The number of halogens is 2. The number of ether oxygens (including phenoxy) is 2. The average molecular weight is 574 g/mol. The van der Waals surface area contributed by atoms with Crippen LogP contribution in [0.1, 0.15) is 18.1 Å². The van der Waals surface area contributed by atoms with Gasteiger partial charge in [0.15, 0.2) is 23.6 Å². The Hall–Kier alpha value is -2.11. The first-order valence-electron chi connectivity index (χ1n) is 9.36. The molecule has 1 fully saturated rings. The van der Waals surface area contributed by atoms with E-state index in [4.69, 9.17) is 26.8 Å². The molecular formula is C21H21ClIN3O4S. The summed E-state index contributed by atoms with van der Waals surface area (Å²) in [5.74, 6) is 0.191. The van der Waals surface area contributed by atoms with E-state index in [-0.39, 0.29) is 18.0 Å². The second kappa shape index (κ2) is 10.5. The molecule has 31 heavy (non-hydrogen) atoms. The summed E-state index contributed by atoms with van der Waals surface area (Å²) in [6.07, 6.45) is 1.79. The molecule has 0 saturated carbocycles. The second-order valence-electron chi connectivity index (χ2n) is 6.60. The number of aryl methyl sites for hydroxylation is 1. The number of amides is 2. The van der Waals surface area contributed by atoms with Crippen LogP contribution in [0.15, 0.2) is 35.2 Å². The Bertz CT molecular complexity index is 1050. The third kappa shape index (κ3) is 6.20. The van der Waals surface area contributed by atoms with E-state index < -0.39 is 5.91 Å². The molecule has 1 saturated heterocycles. The molecule has 7 nitrogen and oxygen atoms in total. The van der Waals surface area contributed by atoms with Crippen LogP contribution >= 0.6 is 46.0 Å². The second-order valence-corrected chi connectivity index (χ2v) is 9.35. The van der Waals surface area contributed by atoms with Crippen molar-refractivity contribution in [2.24, 2.45) is 5.73 Å². The van der Waals surface area contributed by atoms with Gasteiger partial charge in [-0.05, 0) is 84.0 Å². The van der Waals surface area contributed by atoms with E-state index in [1.165, 1.54) is 11.8 Å². The van der Waals surface area contributed by atoms with Gasteiger partial charge in [0.1, 0.15) is 0 Å². The van der Waals surface area contributed by atoms with E-state index >= 15 is 0 Å². The van der Waals surface area contributed by atoms with E-state index in [1.807, 2.05) is 32.0 Å². The van der Waals surface area contributed by atoms with Crippen molar-refractivity contribution >= 4 is 69.5 Å². The van der Waals surface area contributed by atoms with E-state index in [2.05, 4.69) is 33.2 Å². The molecule has 1 unspecified atom stereocenters. The van der Waals surface area contributed by atoms with Gasteiger partial charge >= 0.3 is 0 Å². The summed E-state index contributed by atoms with van der Waals surface area (Å²) in [6, 6.07) is 9.17. The van der Waals surface area contributed by atoms with Crippen molar-refractivity contribution in [3.05, 3.63) is 55.0 Å². The molecule has 1 aliphatic heterocycles. The molecule has 1 aliphatic rings. The van der Waals surface area contributed by atoms with E-state index in [9.17, 15) is 9.59 Å². The highest BCUT2D eigenvalue weighted by atomic mass is 127. The van der Waals surface area contributed by atoms with Crippen LogP contribution in [0, 0.1) is 10.5 Å². The molecule has 1 atom stereocenters. The molecule has 10 heteroatoms. The maximum atomic E-state index is 12.5. The van der Waals surface area contributed by atoms with Gasteiger partial charge < -0.3 is 25.8 Å². The zero-order chi connectivity index (χ0) is 22.5. The molecule has 0 aliphatic carbocycles. The summed E-state index contributed by atoms with van der Waals surface area (Å²) >= 11 is 9.49. The first kappa shape index (κ1) is 23.6. The zero-order valence-corrected chi connectivity index (χ0v) is 20.6. The SMILES string of the molecule is CCOc1cc(/C=C2\SC(Nc3ccc(Cl)cc3C)NC2=O)cc(I)c1OCC(N)=O. The molecule has 2 amide bonds. The molecule has 4 N–H and O–H groups in total. The third-order valence-electron chi connectivity index (χ3n) is 4.19. The molecule has 2 aromatic carbocycles. The fraction of sp³-hybridized carbons (Fsp3) is 0.238. The highest BCUT2D eigenvalue weighted by molar-refractivity contribution is 14.1. The lowest BCUT2D eigenvalue weighted by atomic mass is 10.2. The van der Waals surface area contributed by atoms with Crippen molar-refractivity contribution in [2.45, 2.75) is 19.3 Å². The van der Waals surface area contributed by atoms with Crippen molar-refractivity contribution in [1.29, 1.82) is 0 Å². The minimum atomic E-state index is -0.571. The number of carbonyl (C=O) groups is 2. The van der Waals surface area contributed by atoms with Gasteiger partial charge in [-0.3, -0.25) is 9.59 Å². The molecule has 0 spiro atoms. The van der Waals surface area contributed by atoms with E-state index in [0.29, 0.717) is 28.0 Å². The summed E-state index contributed by atoms with van der Waals surface area (Å²) in [5.41, 5.74) is 7.54. The Morgan fingerprint density at radius 3 is 2.81 bits per heavy atom. The standard InChI is InChI=1S/C21H21ClIN3O4S/c1-3-29-16-8-12(7-14(23)19(16)30-10-18(24)27)9-17-20(28)26-21(31-17)25-15-5-4-13(22)6-11(15)2/h4-9,21,25H,3,10H2,1-2H3,(H2,24,27)(H,26,28)/b17-9-. The van der Waals surface area contributed by atoms with E-state index in [0.717, 1.165) is 20.4 Å². The monoisotopic (exact) mass is 573 g/mol. The number of nitrogens with two attached hydrogens (primary N) is 1. The normalized spacial score (nSPS) is 16.8. The number of carbonyl (C=O) groups excluding carboxylic acids is 2. The van der Waals surface area contributed by atoms with Crippen molar-refractivity contribution in [3.63, 3.8) is 0 Å². The summed E-state index contributed by atoms with van der Waals surface area (Å²) in [5, 5.41) is 6.88. The Morgan fingerprint density at radius 1 is 1.35 bits per heavy atom. The molecular weight excluding hydrogens is 553 g/mol. The minimum Gasteiger partial charge on any atom is -0.490 e. The number of primary amides is 1. The summed E-state index contributed by atoms with van der Waals surface area (Å²) in [4.78, 5) is 24.1. The molecule has 164 valence electrons. The van der Waals surface area contributed by atoms with Crippen LogP contribution in [0.5, 0.6) is 11.5 Å². The Balaban J connectivity index is 1.80. The van der Waals surface area contributed by atoms with Crippen LogP contribution in [-0.4, -0.2) is 30.5 Å². The first-order chi connectivity index (χ1) is 14.8. The van der Waals surface area contributed by atoms with E-state index in [1.54, 1.807) is 18.2 Å². The van der Waals surface area contributed by atoms with Crippen LogP contribution in [0.2, 0.25) is 5.02 Å². The van der Waals surface area contributed by atoms with Crippen molar-refractivity contribution in [2.75, 3.05) is 18.5 Å². The van der Waals surface area contributed by atoms with Crippen LogP contribution in [-0.2, 0) is 9.59 Å². The lowest BCUT2D eigenvalue weighted by Gasteiger charge is -2.15. The predicted octanol–water partition coefficient (Wildman–Crippen LogP) is 4.12. The smallest absolute Gasteiger partial charge is 0.260 e. The maximum Gasteiger partial charge on any atom is 0.260 e. The predicted molar refractivity (Wildman–Crippen MR) is 132 cm³/mol. The fourth-order valence-electron chi connectivity index (χ4n) is 2.86. The molecule has 0 aromatic heterocycles. The minimum absolute atomic E-state index is 0.170. The topological polar surface area (TPSA) is 103 Å². The third-order valence-corrected chi connectivity index (χ3v) is 6.26. The number of benzene rings is 2. The quantitative estimate of drug-likeness (QED) is 0.324. The van der Waals surface area contributed by atoms with Crippen LogP contribution in [0.4, 0.5) is 5.69 Å². The molecule has 1 heterocycles. The molecule has 0 radical (unpaired) electrons. The van der Waals surface area contributed by atoms with Gasteiger partial charge in [0.05, 0.1) is 15.1 Å². The highest BCUT2D eigenvalue weighted by Gasteiger charge is 2.27. The molecule has 0 bridgehead atoms. The van der Waals surface area contributed by atoms with Gasteiger partial charge in [-0.15, -0.1) is 0 Å². The average Bonchev–Trinajstić information content (AvgIpc) is 3.02. The Labute approximate surface area is 203 Å². The van der Waals surface area contributed by atoms with Crippen molar-refractivity contribution in [1.82, 2.24) is 5.32 Å². The lowest BCUT2D eigenvalue weighted by Crippen LogP contribution is -2.31. The van der Waals surface area contributed by atoms with Gasteiger partial charge in [-0.1, -0.05) is 23.4 Å². The van der Waals surface area contributed by atoms with Gasteiger partial charge in [-0.25, -0.2) is 0 Å². The Morgan fingerprint density at radius 2 is 2.13 bits per heavy atom. The van der Waals surface area contributed by atoms with Crippen LogP contribution in [0.3, 0.4) is 0 Å². The Kier molecular flexibility index (Phi) is 7.95. The number of rotatable bonds is 8.